The molecule has 1 aromatic rings. The molecule has 1 N–H and O–H groups in total. The predicted molar refractivity (Wildman–Crippen MR) is 94.6 cm³/mol. The number of rotatable bonds is 5. The number of esters is 1. The van der Waals surface area contributed by atoms with Crippen LogP contribution in [0.15, 0.2) is 18.2 Å². The van der Waals surface area contributed by atoms with E-state index in [1.807, 2.05) is 30.0 Å². The highest BCUT2D eigenvalue weighted by molar-refractivity contribution is 7.80. The van der Waals surface area contributed by atoms with Crippen molar-refractivity contribution in [1.82, 2.24) is 10.2 Å². The second-order valence-corrected chi connectivity index (χ2v) is 6.49. The number of nitrogens with one attached hydrogen (secondary N) is 1. The molecule has 2 aliphatic rings. The Labute approximate surface area is 152 Å². The number of thiocarbonyl (C=S) groups is 1. The second-order valence-electron chi connectivity index (χ2n) is 6.11. The molecule has 1 aromatic carbocycles. The number of benzene rings is 1. The van der Waals surface area contributed by atoms with E-state index < -0.39 is 11.6 Å². The Hall–Kier alpha value is -2.06. The van der Waals surface area contributed by atoms with Gasteiger partial charge in [-0.3, -0.25) is 4.79 Å². The van der Waals surface area contributed by atoms with E-state index in [0.29, 0.717) is 29.8 Å². The van der Waals surface area contributed by atoms with Crippen LogP contribution in [-0.2, 0) is 14.3 Å². The van der Waals surface area contributed by atoms with Crippen molar-refractivity contribution in [1.29, 1.82) is 0 Å². The Bertz CT molecular complexity index is 698. The summed E-state index contributed by atoms with van der Waals surface area (Å²) in [5, 5.41) is 3.78. The molecular weight excluding hydrogens is 344 g/mol. The highest BCUT2D eigenvalue weighted by atomic mass is 32.1. The minimum absolute atomic E-state index is 0.359. The summed E-state index contributed by atoms with van der Waals surface area (Å²) < 4.78 is 22.0. The van der Waals surface area contributed by atoms with Gasteiger partial charge in [0.2, 0.25) is 0 Å². The van der Waals surface area contributed by atoms with Gasteiger partial charge < -0.3 is 29.2 Å². The van der Waals surface area contributed by atoms with E-state index >= 15 is 0 Å². The van der Waals surface area contributed by atoms with Crippen molar-refractivity contribution < 1.29 is 23.7 Å². The van der Waals surface area contributed by atoms with E-state index in [2.05, 4.69) is 5.32 Å². The summed E-state index contributed by atoms with van der Waals surface area (Å²) in [6, 6.07) is 5.23. The number of ether oxygens (including phenoxy) is 4. The average Bonchev–Trinajstić information content (AvgIpc) is 2.60. The minimum Gasteiger partial charge on any atom is -0.493 e. The molecule has 1 fully saturated rings. The molecule has 0 aromatic heterocycles. The molecular formula is C17H22N2O5S. The van der Waals surface area contributed by atoms with Gasteiger partial charge in [0.1, 0.15) is 5.92 Å². The van der Waals surface area contributed by atoms with Crippen molar-refractivity contribution in [3.05, 3.63) is 23.8 Å². The Balaban J connectivity index is 2.14. The summed E-state index contributed by atoms with van der Waals surface area (Å²) >= 11 is 5.53. The van der Waals surface area contributed by atoms with Crippen molar-refractivity contribution in [3.63, 3.8) is 0 Å². The lowest BCUT2D eigenvalue weighted by molar-refractivity contribution is -0.174. The van der Waals surface area contributed by atoms with Gasteiger partial charge in [-0.1, -0.05) is 12.1 Å². The van der Waals surface area contributed by atoms with Crippen molar-refractivity contribution in [2.75, 3.05) is 34.5 Å². The molecule has 0 spiro atoms. The molecule has 0 aliphatic carbocycles. The molecule has 3 rings (SSSR count). The molecule has 2 heterocycles. The third-order valence-corrected chi connectivity index (χ3v) is 5.16. The van der Waals surface area contributed by atoms with Gasteiger partial charge >= 0.3 is 5.97 Å². The fourth-order valence-corrected chi connectivity index (χ4v) is 3.99. The van der Waals surface area contributed by atoms with Gasteiger partial charge in [0.25, 0.3) is 0 Å². The van der Waals surface area contributed by atoms with E-state index in [1.165, 1.54) is 7.11 Å². The van der Waals surface area contributed by atoms with Crippen LogP contribution in [0.25, 0.3) is 0 Å². The number of nitrogens with zero attached hydrogens (tertiary/aromatic N) is 1. The SMILES string of the molecule is COCCN1C(=S)NC2c3cccc(OC)c3OC1(C)C2C(=O)OC. The number of para-hydroxylation sites is 1. The van der Waals surface area contributed by atoms with Crippen LogP contribution in [0.4, 0.5) is 0 Å². The number of carbonyl (C=O) groups is 1. The van der Waals surface area contributed by atoms with E-state index in [4.69, 9.17) is 31.2 Å². The first-order valence-corrected chi connectivity index (χ1v) is 8.39. The van der Waals surface area contributed by atoms with Crippen molar-refractivity contribution in [2.24, 2.45) is 5.92 Å². The average molecular weight is 366 g/mol. The zero-order valence-electron chi connectivity index (χ0n) is 14.7. The van der Waals surface area contributed by atoms with Crippen LogP contribution in [0.3, 0.4) is 0 Å². The second kappa shape index (κ2) is 6.68. The van der Waals surface area contributed by atoms with E-state index in [0.717, 1.165) is 5.56 Å². The highest BCUT2D eigenvalue weighted by Crippen LogP contribution is 2.51. The smallest absolute Gasteiger partial charge is 0.317 e. The predicted octanol–water partition coefficient (Wildman–Crippen LogP) is 1.47. The summed E-state index contributed by atoms with van der Waals surface area (Å²) in [5.41, 5.74) is -0.193. The van der Waals surface area contributed by atoms with Crippen LogP contribution in [-0.4, -0.2) is 56.2 Å². The third-order valence-electron chi connectivity index (χ3n) is 4.82. The zero-order chi connectivity index (χ0) is 18.2. The first kappa shape index (κ1) is 17.8. The van der Waals surface area contributed by atoms with Crippen LogP contribution in [0.5, 0.6) is 11.5 Å². The molecule has 2 aliphatic heterocycles. The van der Waals surface area contributed by atoms with Gasteiger partial charge in [-0.25, -0.2) is 0 Å². The van der Waals surface area contributed by atoms with Gasteiger partial charge in [-0.2, -0.15) is 0 Å². The van der Waals surface area contributed by atoms with Crippen molar-refractivity contribution in [2.45, 2.75) is 18.7 Å². The van der Waals surface area contributed by atoms with Gasteiger partial charge in [0, 0.05) is 19.2 Å². The van der Waals surface area contributed by atoms with Gasteiger partial charge in [-0.05, 0) is 25.2 Å². The van der Waals surface area contributed by atoms with Crippen LogP contribution in [0, 0.1) is 5.92 Å². The Morgan fingerprint density at radius 2 is 2.16 bits per heavy atom. The molecule has 7 nitrogen and oxygen atoms in total. The number of hydrogen-bond donors (Lipinski definition) is 1. The molecule has 1 saturated heterocycles. The fourth-order valence-electron chi connectivity index (χ4n) is 3.59. The largest absolute Gasteiger partial charge is 0.493 e. The van der Waals surface area contributed by atoms with Crippen molar-refractivity contribution in [3.8, 4) is 11.5 Å². The molecule has 0 amide bonds. The summed E-state index contributed by atoms with van der Waals surface area (Å²) in [5.74, 6) is 0.257. The molecule has 2 bridgehead atoms. The zero-order valence-corrected chi connectivity index (χ0v) is 15.5. The number of fused-ring (bicyclic) bond motifs is 4. The molecule has 0 saturated carbocycles. The number of carbonyl (C=O) groups excluding carboxylic acids is 1. The summed E-state index contributed by atoms with van der Waals surface area (Å²) in [4.78, 5) is 14.4. The third kappa shape index (κ3) is 2.69. The van der Waals surface area contributed by atoms with E-state index in [9.17, 15) is 4.79 Å². The summed E-state index contributed by atoms with van der Waals surface area (Å²) in [6.45, 7) is 2.77. The maximum absolute atomic E-state index is 12.6. The van der Waals surface area contributed by atoms with Crippen LogP contribution >= 0.6 is 12.2 Å². The molecule has 0 radical (unpaired) electrons. The maximum atomic E-state index is 12.6. The topological polar surface area (TPSA) is 69.3 Å². The minimum atomic E-state index is -1.01. The number of methoxy groups -OCH3 is 3. The summed E-state index contributed by atoms with van der Waals surface area (Å²) in [7, 11) is 4.58. The lowest BCUT2D eigenvalue weighted by Crippen LogP contribution is -2.71. The quantitative estimate of drug-likeness (QED) is 0.621. The lowest BCUT2D eigenvalue weighted by Gasteiger charge is -2.55. The Morgan fingerprint density at radius 3 is 2.80 bits per heavy atom. The normalized spacial score (nSPS) is 27.0. The Kier molecular flexibility index (Phi) is 4.75. The van der Waals surface area contributed by atoms with Crippen LogP contribution < -0.4 is 14.8 Å². The fraction of sp³-hybridized carbons (Fsp3) is 0.529. The summed E-state index contributed by atoms with van der Waals surface area (Å²) in [6.07, 6.45) is 0. The highest BCUT2D eigenvalue weighted by Gasteiger charge is 2.59. The van der Waals surface area contributed by atoms with E-state index in [1.54, 1.807) is 14.2 Å². The molecule has 8 heteroatoms. The molecule has 3 atom stereocenters. The molecule has 3 unspecified atom stereocenters. The molecule has 25 heavy (non-hydrogen) atoms. The van der Waals surface area contributed by atoms with Gasteiger partial charge in [0.15, 0.2) is 22.3 Å². The maximum Gasteiger partial charge on any atom is 0.317 e. The monoisotopic (exact) mass is 366 g/mol. The first-order valence-electron chi connectivity index (χ1n) is 7.98. The van der Waals surface area contributed by atoms with Crippen molar-refractivity contribution >= 4 is 23.3 Å². The van der Waals surface area contributed by atoms with Crippen LogP contribution in [0.1, 0.15) is 18.5 Å². The Morgan fingerprint density at radius 1 is 1.40 bits per heavy atom. The lowest BCUT2D eigenvalue weighted by atomic mass is 9.79. The van der Waals surface area contributed by atoms with Gasteiger partial charge in [-0.15, -0.1) is 0 Å². The number of hydrogen-bond acceptors (Lipinski definition) is 6. The standard InChI is InChI=1S/C17H22N2O5S/c1-17-12(15(20)23-4)13(18-16(25)19(17)8-9-21-2)10-6-5-7-11(22-3)14(10)24-17/h5-7,12-13H,8-9H2,1-4H3,(H,18,25). The van der Waals surface area contributed by atoms with Crippen LogP contribution in [0.2, 0.25) is 0 Å². The molecule has 136 valence electrons. The van der Waals surface area contributed by atoms with Gasteiger partial charge in [0.05, 0.1) is 26.9 Å². The first-order chi connectivity index (χ1) is 12.0. The van der Waals surface area contributed by atoms with E-state index in [-0.39, 0.29) is 12.0 Å².